The Labute approximate surface area is 166 Å². The predicted molar refractivity (Wildman–Crippen MR) is 99.4 cm³/mol. The Kier molecular flexibility index (Phi) is 8.08. The van der Waals surface area contributed by atoms with Crippen molar-refractivity contribution in [2.75, 3.05) is 13.7 Å². The fourth-order valence-electron chi connectivity index (χ4n) is 2.51. The number of halogens is 2. The van der Waals surface area contributed by atoms with E-state index < -0.39 is 30.4 Å². The van der Waals surface area contributed by atoms with Gasteiger partial charge in [-0.2, -0.15) is 8.78 Å². The molecule has 2 amide bonds. The van der Waals surface area contributed by atoms with E-state index in [0.717, 1.165) is 6.07 Å². The van der Waals surface area contributed by atoms with Crippen LogP contribution in [-0.2, 0) is 14.3 Å². The molecule has 0 aliphatic carbocycles. The predicted octanol–water partition coefficient (Wildman–Crippen LogP) is 2.44. The quantitative estimate of drug-likeness (QED) is 0.624. The first-order chi connectivity index (χ1) is 13.9. The summed E-state index contributed by atoms with van der Waals surface area (Å²) in [5.74, 6) is -1.83. The van der Waals surface area contributed by atoms with Crippen molar-refractivity contribution in [1.82, 2.24) is 10.6 Å². The van der Waals surface area contributed by atoms with Gasteiger partial charge in [0.25, 0.3) is 5.91 Å². The van der Waals surface area contributed by atoms with Crippen molar-refractivity contribution in [1.29, 1.82) is 0 Å². The average Bonchev–Trinajstić information content (AvgIpc) is 2.71. The minimum atomic E-state index is -3.01. The van der Waals surface area contributed by atoms with Crippen LogP contribution in [0.3, 0.4) is 0 Å². The van der Waals surface area contributed by atoms with Crippen molar-refractivity contribution in [3.8, 4) is 5.75 Å². The number of ether oxygens (including phenoxy) is 2. The summed E-state index contributed by atoms with van der Waals surface area (Å²) in [4.78, 5) is 36.0. The van der Waals surface area contributed by atoms with Gasteiger partial charge in [0.15, 0.2) is 0 Å². The fourth-order valence-corrected chi connectivity index (χ4v) is 2.51. The molecule has 7 nitrogen and oxygen atoms in total. The Morgan fingerprint density at radius 1 is 1.03 bits per heavy atom. The molecule has 0 aliphatic rings. The van der Waals surface area contributed by atoms with Crippen LogP contribution in [0.15, 0.2) is 54.6 Å². The van der Waals surface area contributed by atoms with Crippen LogP contribution in [0.1, 0.15) is 28.4 Å². The summed E-state index contributed by atoms with van der Waals surface area (Å²) in [7, 11) is 1.25. The number of methoxy groups -OCH3 is 1. The highest BCUT2D eigenvalue weighted by Crippen LogP contribution is 2.17. The molecule has 0 aliphatic heterocycles. The maximum absolute atomic E-state index is 12.3. The largest absolute Gasteiger partial charge is 0.469 e. The van der Waals surface area contributed by atoms with Crippen LogP contribution in [0.5, 0.6) is 5.75 Å². The van der Waals surface area contributed by atoms with E-state index in [9.17, 15) is 23.2 Å². The summed E-state index contributed by atoms with van der Waals surface area (Å²) >= 11 is 0. The van der Waals surface area contributed by atoms with Gasteiger partial charge in [0.2, 0.25) is 5.91 Å². The third kappa shape index (κ3) is 7.21. The molecule has 154 valence electrons. The Balaban J connectivity index is 1.96. The minimum absolute atomic E-state index is 0.0603. The van der Waals surface area contributed by atoms with Crippen LogP contribution in [-0.4, -0.2) is 38.0 Å². The van der Waals surface area contributed by atoms with Crippen LogP contribution >= 0.6 is 0 Å². The molecule has 9 heteroatoms. The molecule has 2 rings (SSSR count). The number of alkyl halides is 2. The monoisotopic (exact) mass is 406 g/mol. The minimum Gasteiger partial charge on any atom is -0.469 e. The zero-order valence-corrected chi connectivity index (χ0v) is 15.6. The Morgan fingerprint density at radius 2 is 1.76 bits per heavy atom. The van der Waals surface area contributed by atoms with Gasteiger partial charge in [0.1, 0.15) is 5.75 Å². The molecule has 1 atom stereocenters. The summed E-state index contributed by atoms with van der Waals surface area (Å²) < 4.78 is 33.4. The standard InChI is InChI=1S/C20H20F2N2O5/c1-28-18(26)11-16(13-6-3-2-4-7-13)24-17(25)12-23-19(27)14-8-5-9-15(10-14)29-20(21)22/h2-10,16,20H,11-12H2,1H3,(H,23,27)(H,24,25). The van der Waals surface area contributed by atoms with Gasteiger partial charge in [0, 0.05) is 5.56 Å². The molecule has 1 unspecified atom stereocenters. The van der Waals surface area contributed by atoms with Crippen LogP contribution < -0.4 is 15.4 Å². The molecule has 2 N–H and O–H groups in total. The van der Waals surface area contributed by atoms with E-state index in [4.69, 9.17) is 0 Å². The van der Waals surface area contributed by atoms with Crippen molar-refractivity contribution < 1.29 is 32.6 Å². The number of hydrogen-bond donors (Lipinski definition) is 2. The van der Waals surface area contributed by atoms with Gasteiger partial charge in [-0.1, -0.05) is 36.4 Å². The normalized spacial score (nSPS) is 11.4. The average molecular weight is 406 g/mol. The molecule has 0 fully saturated rings. The van der Waals surface area contributed by atoms with Gasteiger partial charge in [-0.05, 0) is 23.8 Å². The number of hydrogen-bond acceptors (Lipinski definition) is 5. The van der Waals surface area contributed by atoms with E-state index in [-0.39, 0.29) is 24.3 Å². The first-order valence-electron chi connectivity index (χ1n) is 8.63. The highest BCUT2D eigenvalue weighted by Gasteiger charge is 2.19. The van der Waals surface area contributed by atoms with Gasteiger partial charge >= 0.3 is 12.6 Å². The summed E-state index contributed by atoms with van der Waals surface area (Å²) in [6.45, 7) is -3.38. The summed E-state index contributed by atoms with van der Waals surface area (Å²) in [6, 6.07) is 13.4. The Morgan fingerprint density at radius 3 is 2.41 bits per heavy atom. The van der Waals surface area contributed by atoms with Crippen molar-refractivity contribution in [2.45, 2.75) is 19.1 Å². The van der Waals surface area contributed by atoms with E-state index in [1.807, 2.05) is 0 Å². The molecule has 0 saturated carbocycles. The molecule has 2 aromatic rings. The maximum atomic E-state index is 12.3. The Bertz CT molecular complexity index is 846. The number of esters is 1. The molecule has 0 heterocycles. The van der Waals surface area contributed by atoms with E-state index in [0.29, 0.717) is 5.56 Å². The maximum Gasteiger partial charge on any atom is 0.387 e. The van der Waals surface area contributed by atoms with Crippen LogP contribution in [0.2, 0.25) is 0 Å². The third-order valence-electron chi connectivity index (χ3n) is 3.87. The van der Waals surface area contributed by atoms with E-state index in [1.165, 1.54) is 25.3 Å². The number of carbonyl (C=O) groups excluding carboxylic acids is 3. The van der Waals surface area contributed by atoms with E-state index in [1.54, 1.807) is 30.3 Å². The van der Waals surface area contributed by atoms with E-state index >= 15 is 0 Å². The van der Waals surface area contributed by atoms with Crippen molar-refractivity contribution in [3.05, 3.63) is 65.7 Å². The van der Waals surface area contributed by atoms with Crippen molar-refractivity contribution >= 4 is 17.8 Å². The second kappa shape index (κ2) is 10.7. The lowest BCUT2D eigenvalue weighted by Gasteiger charge is -2.18. The summed E-state index contributed by atoms with van der Waals surface area (Å²) in [5.41, 5.74) is 0.763. The molecule has 29 heavy (non-hydrogen) atoms. The zero-order valence-electron chi connectivity index (χ0n) is 15.6. The molecule has 0 aromatic heterocycles. The molecule has 0 saturated heterocycles. The third-order valence-corrected chi connectivity index (χ3v) is 3.87. The lowest BCUT2D eigenvalue weighted by molar-refractivity contribution is -0.141. The Hall–Kier alpha value is -3.49. The second-order valence-corrected chi connectivity index (χ2v) is 5.90. The second-order valence-electron chi connectivity index (χ2n) is 5.90. The van der Waals surface area contributed by atoms with Gasteiger partial charge in [0.05, 0.1) is 26.1 Å². The smallest absolute Gasteiger partial charge is 0.387 e. The highest BCUT2D eigenvalue weighted by atomic mass is 19.3. The molecular weight excluding hydrogens is 386 g/mol. The zero-order chi connectivity index (χ0) is 21.2. The number of carbonyl (C=O) groups is 3. The number of rotatable bonds is 9. The lowest BCUT2D eigenvalue weighted by Crippen LogP contribution is -2.39. The highest BCUT2D eigenvalue weighted by molar-refractivity contribution is 5.96. The first-order valence-corrected chi connectivity index (χ1v) is 8.63. The van der Waals surface area contributed by atoms with Gasteiger partial charge < -0.3 is 20.1 Å². The van der Waals surface area contributed by atoms with Gasteiger partial charge in [-0.15, -0.1) is 0 Å². The van der Waals surface area contributed by atoms with Crippen LogP contribution in [0, 0.1) is 0 Å². The topological polar surface area (TPSA) is 93.7 Å². The number of amides is 2. The van der Waals surface area contributed by atoms with E-state index in [2.05, 4.69) is 20.1 Å². The van der Waals surface area contributed by atoms with Crippen molar-refractivity contribution in [2.24, 2.45) is 0 Å². The first kappa shape index (κ1) is 21.8. The van der Waals surface area contributed by atoms with Crippen LogP contribution in [0.25, 0.3) is 0 Å². The molecule has 0 spiro atoms. The summed E-state index contributed by atoms with van der Waals surface area (Å²) in [6.07, 6.45) is -0.0762. The van der Waals surface area contributed by atoms with Gasteiger partial charge in [-0.25, -0.2) is 0 Å². The fraction of sp³-hybridized carbons (Fsp3) is 0.250. The van der Waals surface area contributed by atoms with Gasteiger partial charge in [-0.3, -0.25) is 14.4 Å². The SMILES string of the molecule is COC(=O)CC(NC(=O)CNC(=O)c1cccc(OC(F)F)c1)c1ccccc1. The number of nitrogens with one attached hydrogen (secondary N) is 2. The molecule has 0 radical (unpaired) electrons. The number of benzene rings is 2. The molecule has 0 bridgehead atoms. The lowest BCUT2D eigenvalue weighted by atomic mass is 10.0. The van der Waals surface area contributed by atoms with Crippen molar-refractivity contribution in [3.63, 3.8) is 0 Å². The molecular formula is C20H20F2N2O5. The summed E-state index contributed by atoms with van der Waals surface area (Å²) in [5, 5.41) is 5.06. The van der Waals surface area contributed by atoms with Crippen LogP contribution in [0.4, 0.5) is 8.78 Å². The molecule has 2 aromatic carbocycles.